The number of hydrogen-bond donors (Lipinski definition) is 1. The first-order chi connectivity index (χ1) is 4.47. The van der Waals surface area contributed by atoms with Crippen LogP contribution in [0.4, 0.5) is 0 Å². The fourth-order valence-corrected chi connectivity index (χ4v) is 1.24. The predicted octanol–water partition coefficient (Wildman–Crippen LogP) is -0.899. The smallest absolute Gasteiger partial charge is 0.358 e. The number of allylic oxidation sites excluding steroid dienone is 2. The summed E-state index contributed by atoms with van der Waals surface area (Å²) in [5.74, 6) is 0. The zero-order valence-corrected chi connectivity index (χ0v) is 10.3. The predicted molar refractivity (Wildman–Crippen MR) is 51.3 cm³/mol. The fraction of sp³-hybridized carbons (Fsp3) is 0.300. The van der Waals surface area contributed by atoms with Gasteiger partial charge in [-0.05, 0) is 5.57 Å². The average molecular weight is 189 g/mol. The first-order valence-electron chi connectivity index (χ1n) is 3.25. The van der Waals surface area contributed by atoms with Crippen molar-refractivity contribution in [2.24, 2.45) is 0 Å². The molecular formula is C10H16KN. The summed E-state index contributed by atoms with van der Waals surface area (Å²) < 4.78 is 0. The Balaban J connectivity index is 0. The van der Waals surface area contributed by atoms with Crippen molar-refractivity contribution >= 4 is 0 Å². The normalized spacial score (nSPS) is 22.7. The van der Waals surface area contributed by atoms with E-state index in [1.165, 1.54) is 5.57 Å². The van der Waals surface area contributed by atoms with Crippen LogP contribution in [0.25, 0.3) is 0 Å². The van der Waals surface area contributed by atoms with E-state index >= 15 is 0 Å². The van der Waals surface area contributed by atoms with Crippen LogP contribution < -0.4 is 56.7 Å². The monoisotopic (exact) mass is 189 g/mol. The maximum absolute atomic E-state index is 3.33. The molecule has 1 atom stereocenters. The molecule has 2 rings (SSSR count). The van der Waals surface area contributed by atoms with E-state index in [1.54, 1.807) is 0 Å². The van der Waals surface area contributed by atoms with Crippen molar-refractivity contribution in [3.63, 3.8) is 0 Å². The van der Waals surface area contributed by atoms with Gasteiger partial charge in [-0.25, -0.2) is 0 Å². The summed E-state index contributed by atoms with van der Waals surface area (Å²) in [6.07, 6.45) is 10.7. The van der Waals surface area contributed by atoms with Crippen LogP contribution in [0.3, 0.4) is 0 Å². The molecule has 1 unspecified atom stereocenters. The molecule has 0 amide bonds. The standard InChI is InChI=1S/C8H9N.CH4.CH3.K/c1-2-4-8-7(3-1)5-6-9-8;;;/h1-5,8-9H,6H2;1H4;1H3;/q;;-1;+1. The van der Waals surface area contributed by atoms with Crippen molar-refractivity contribution < 1.29 is 51.4 Å². The van der Waals surface area contributed by atoms with Crippen LogP contribution in [0.15, 0.2) is 36.0 Å². The van der Waals surface area contributed by atoms with Crippen LogP contribution in [-0.2, 0) is 0 Å². The molecule has 2 aliphatic rings. The minimum absolute atomic E-state index is 0. The maximum Gasteiger partial charge on any atom is 1.00 e. The molecule has 0 spiro atoms. The Morgan fingerprint density at radius 1 is 1.33 bits per heavy atom. The van der Waals surface area contributed by atoms with Gasteiger partial charge in [0.2, 0.25) is 0 Å². The Labute approximate surface area is 118 Å². The first-order valence-corrected chi connectivity index (χ1v) is 3.25. The van der Waals surface area contributed by atoms with Gasteiger partial charge in [0, 0.05) is 6.54 Å². The minimum atomic E-state index is 0. The third-order valence-electron chi connectivity index (χ3n) is 1.74. The second kappa shape index (κ2) is 7.24. The summed E-state index contributed by atoms with van der Waals surface area (Å²) in [5.41, 5.74) is 1.41. The molecule has 0 bridgehead atoms. The van der Waals surface area contributed by atoms with Gasteiger partial charge in [0.25, 0.3) is 0 Å². The summed E-state index contributed by atoms with van der Waals surface area (Å²) in [4.78, 5) is 0. The van der Waals surface area contributed by atoms with E-state index in [1.807, 2.05) is 0 Å². The molecule has 1 aliphatic carbocycles. The Morgan fingerprint density at radius 3 is 2.75 bits per heavy atom. The van der Waals surface area contributed by atoms with Crippen LogP contribution in [-0.4, -0.2) is 12.6 Å². The van der Waals surface area contributed by atoms with Crippen molar-refractivity contribution in [2.75, 3.05) is 6.54 Å². The van der Waals surface area contributed by atoms with Gasteiger partial charge in [0.15, 0.2) is 0 Å². The van der Waals surface area contributed by atoms with Crippen LogP contribution >= 0.6 is 0 Å². The van der Waals surface area contributed by atoms with Crippen LogP contribution in [0.5, 0.6) is 0 Å². The van der Waals surface area contributed by atoms with Gasteiger partial charge in [-0.3, -0.25) is 0 Å². The largest absolute Gasteiger partial charge is 1.00 e. The summed E-state index contributed by atoms with van der Waals surface area (Å²) in [6, 6.07) is 0.509. The van der Waals surface area contributed by atoms with E-state index in [0.29, 0.717) is 6.04 Å². The molecule has 1 aliphatic heterocycles. The van der Waals surface area contributed by atoms with E-state index < -0.39 is 0 Å². The fourth-order valence-electron chi connectivity index (χ4n) is 1.24. The number of fused-ring (bicyclic) bond motifs is 1. The van der Waals surface area contributed by atoms with Crippen molar-refractivity contribution in [1.82, 2.24) is 5.32 Å². The molecule has 2 heteroatoms. The van der Waals surface area contributed by atoms with Gasteiger partial charge >= 0.3 is 51.4 Å². The van der Waals surface area contributed by atoms with E-state index in [9.17, 15) is 0 Å². The third-order valence-corrected chi connectivity index (χ3v) is 1.74. The molecule has 0 saturated heterocycles. The molecule has 1 heterocycles. The van der Waals surface area contributed by atoms with Crippen molar-refractivity contribution in [2.45, 2.75) is 13.5 Å². The number of rotatable bonds is 0. The van der Waals surface area contributed by atoms with Gasteiger partial charge in [-0.1, -0.05) is 37.8 Å². The first kappa shape index (κ1) is 15.3. The zero-order valence-electron chi connectivity index (χ0n) is 7.17. The third kappa shape index (κ3) is 3.28. The molecule has 1 N–H and O–H groups in total. The minimum Gasteiger partial charge on any atom is -0.358 e. The Morgan fingerprint density at radius 2 is 2.08 bits per heavy atom. The Hall–Kier alpha value is 0.816. The summed E-state index contributed by atoms with van der Waals surface area (Å²) in [7, 11) is 0. The summed E-state index contributed by atoms with van der Waals surface area (Å²) >= 11 is 0. The Kier molecular flexibility index (Phi) is 9.23. The molecule has 12 heavy (non-hydrogen) atoms. The molecule has 0 fully saturated rings. The molecule has 0 aromatic rings. The summed E-state index contributed by atoms with van der Waals surface area (Å²) in [6.45, 7) is 1.02. The van der Waals surface area contributed by atoms with E-state index in [4.69, 9.17) is 0 Å². The molecule has 0 saturated carbocycles. The SMILES string of the molecule is C.C1=CC2=CCNC2C=C1.[CH3-].[K+]. The molecule has 0 radical (unpaired) electrons. The van der Waals surface area contributed by atoms with E-state index in [-0.39, 0.29) is 66.2 Å². The molecule has 1 nitrogen and oxygen atoms in total. The summed E-state index contributed by atoms with van der Waals surface area (Å²) in [5, 5.41) is 3.33. The molecule has 62 valence electrons. The van der Waals surface area contributed by atoms with Crippen LogP contribution in [0.2, 0.25) is 0 Å². The molecule has 0 aromatic carbocycles. The second-order valence-electron chi connectivity index (χ2n) is 2.33. The second-order valence-corrected chi connectivity index (χ2v) is 2.33. The van der Waals surface area contributed by atoms with E-state index in [0.717, 1.165) is 6.54 Å². The average Bonchev–Trinajstić information content (AvgIpc) is 2.33. The van der Waals surface area contributed by atoms with Crippen LogP contribution in [0.1, 0.15) is 7.43 Å². The maximum atomic E-state index is 3.33. The van der Waals surface area contributed by atoms with Crippen molar-refractivity contribution in [3.05, 3.63) is 43.4 Å². The molecule has 0 aromatic heterocycles. The van der Waals surface area contributed by atoms with E-state index in [2.05, 4.69) is 35.7 Å². The van der Waals surface area contributed by atoms with Gasteiger partial charge in [0.1, 0.15) is 0 Å². The van der Waals surface area contributed by atoms with Gasteiger partial charge < -0.3 is 12.7 Å². The zero-order chi connectivity index (χ0) is 6.10. The number of hydrogen-bond acceptors (Lipinski definition) is 1. The van der Waals surface area contributed by atoms with Crippen molar-refractivity contribution in [1.29, 1.82) is 0 Å². The van der Waals surface area contributed by atoms with Crippen molar-refractivity contribution in [3.8, 4) is 0 Å². The topological polar surface area (TPSA) is 12.0 Å². The number of nitrogens with one attached hydrogen (secondary N) is 1. The van der Waals surface area contributed by atoms with Crippen LogP contribution in [0, 0.1) is 7.43 Å². The quantitative estimate of drug-likeness (QED) is 0.385. The van der Waals surface area contributed by atoms with Gasteiger partial charge in [-0.2, -0.15) is 0 Å². The van der Waals surface area contributed by atoms with Gasteiger partial charge in [0.05, 0.1) is 6.04 Å². The Bertz CT molecular complexity index is 201. The van der Waals surface area contributed by atoms with Gasteiger partial charge in [-0.15, -0.1) is 0 Å². The molecular weight excluding hydrogens is 173 g/mol.